The number of H-pyrrole nitrogens is 2. The molecule has 0 spiro atoms. The van der Waals surface area contributed by atoms with Crippen molar-refractivity contribution in [3.05, 3.63) is 103 Å². The number of nitrogens with zero attached hydrogens (tertiary/aromatic N) is 6. The molecule has 6 N–H and O–H groups in total. The van der Waals surface area contributed by atoms with Gasteiger partial charge in [0.15, 0.2) is 11.5 Å². The zero-order chi connectivity index (χ0) is 32.3. The van der Waals surface area contributed by atoms with Crippen LogP contribution in [0.1, 0.15) is 24.4 Å². The normalized spacial score (nSPS) is 10.7. The third-order valence-corrected chi connectivity index (χ3v) is 7.07. The summed E-state index contributed by atoms with van der Waals surface area (Å²) in [4.78, 5) is 28.7. The van der Waals surface area contributed by atoms with E-state index in [9.17, 15) is 0 Å². The van der Waals surface area contributed by atoms with Gasteiger partial charge in [-0.3, -0.25) is 5.41 Å². The molecular formula is C32H33Cl2N11O. The van der Waals surface area contributed by atoms with Crippen molar-refractivity contribution in [2.24, 2.45) is 0 Å². The van der Waals surface area contributed by atoms with Crippen LogP contribution >= 0.6 is 23.2 Å². The molecule has 5 heterocycles. The highest BCUT2D eigenvalue weighted by atomic mass is 35.5. The van der Waals surface area contributed by atoms with E-state index in [2.05, 4.69) is 44.9 Å². The van der Waals surface area contributed by atoms with Crippen LogP contribution in [0.2, 0.25) is 0 Å². The Morgan fingerprint density at radius 3 is 2.11 bits per heavy atom. The number of para-hydroxylation sites is 4. The van der Waals surface area contributed by atoms with Gasteiger partial charge in [0.05, 0.1) is 59.2 Å². The average molecular weight is 659 g/mol. The quantitative estimate of drug-likeness (QED) is 0.0701. The fourth-order valence-corrected chi connectivity index (χ4v) is 4.82. The number of alkyl halides is 2. The first-order chi connectivity index (χ1) is 22.5. The topological polar surface area (TPSA) is 172 Å². The molecule has 46 heavy (non-hydrogen) atoms. The predicted molar refractivity (Wildman–Crippen MR) is 184 cm³/mol. The molecule has 7 rings (SSSR count). The molecule has 0 bridgehead atoms. The highest BCUT2D eigenvalue weighted by molar-refractivity contribution is 6.26. The number of imidazole rings is 3. The number of anilines is 2. The van der Waals surface area contributed by atoms with Gasteiger partial charge >= 0.3 is 0 Å². The molecule has 0 amide bonds. The number of nitrogens with one attached hydrogen (secondary N) is 4. The first-order valence-electron chi connectivity index (χ1n) is 14.4. The second-order valence-corrected chi connectivity index (χ2v) is 10.3. The van der Waals surface area contributed by atoms with Gasteiger partial charge in [0.25, 0.3) is 0 Å². The minimum Gasteiger partial charge on any atom is -0.481 e. The molecule has 0 fully saturated rings. The van der Waals surface area contributed by atoms with Crippen molar-refractivity contribution in [2.75, 3.05) is 23.5 Å². The van der Waals surface area contributed by atoms with Gasteiger partial charge in [0.2, 0.25) is 0 Å². The molecule has 12 nitrogen and oxygen atoms in total. The third kappa shape index (κ3) is 8.09. The number of halogens is 2. The second-order valence-electron chi connectivity index (χ2n) is 9.78. The Morgan fingerprint density at radius 2 is 1.48 bits per heavy atom. The van der Waals surface area contributed by atoms with Gasteiger partial charge < -0.3 is 30.3 Å². The van der Waals surface area contributed by atoms with Crippen molar-refractivity contribution in [1.29, 1.82) is 5.41 Å². The summed E-state index contributed by atoms with van der Waals surface area (Å²) in [6.45, 7) is 3.49. The van der Waals surface area contributed by atoms with Crippen LogP contribution in [-0.4, -0.2) is 57.8 Å². The zero-order valence-electron chi connectivity index (χ0n) is 25.0. The molecule has 236 valence electrons. The molecule has 0 aliphatic carbocycles. The number of pyridine rings is 2. The summed E-state index contributed by atoms with van der Waals surface area (Å²) in [5.41, 5.74) is 12.1. The van der Waals surface area contributed by atoms with Crippen LogP contribution in [0.5, 0.6) is 0 Å². The maximum absolute atomic E-state index is 6.78. The van der Waals surface area contributed by atoms with Crippen molar-refractivity contribution < 1.29 is 4.74 Å². The summed E-state index contributed by atoms with van der Waals surface area (Å²) >= 11 is 11.2. The number of aromatic nitrogens is 8. The number of hydrogen-bond acceptors (Lipinski definition) is 9. The molecule has 0 radical (unpaired) electrons. The highest BCUT2D eigenvalue weighted by Gasteiger charge is 2.13. The van der Waals surface area contributed by atoms with E-state index < -0.39 is 0 Å². The Kier molecular flexibility index (Phi) is 11.0. The van der Waals surface area contributed by atoms with E-state index in [4.69, 9.17) is 34.3 Å². The summed E-state index contributed by atoms with van der Waals surface area (Å²) < 4.78 is 6.64. The number of hydrogen-bond donors (Lipinski definition) is 5. The summed E-state index contributed by atoms with van der Waals surface area (Å²) in [7, 11) is 0. The maximum atomic E-state index is 6.78. The SMILES string of the molecule is CCOC(=N)CCl.ClCc1nc2cccnc2n1Cc1nc2ccccc2[nH]1.Nc1cccnc1NCc1nc2ccccc2[nH]1. The maximum Gasteiger partial charge on any atom is 0.195 e. The average Bonchev–Trinajstić information content (AvgIpc) is 3.80. The monoisotopic (exact) mass is 657 g/mol. The van der Waals surface area contributed by atoms with E-state index in [1.807, 2.05) is 84.3 Å². The Morgan fingerprint density at radius 1 is 0.848 bits per heavy atom. The first-order valence-corrected chi connectivity index (χ1v) is 15.5. The lowest BCUT2D eigenvalue weighted by atomic mass is 10.3. The van der Waals surface area contributed by atoms with E-state index in [1.54, 1.807) is 12.4 Å². The third-order valence-electron chi connectivity index (χ3n) is 6.59. The van der Waals surface area contributed by atoms with Gasteiger partial charge in [-0.2, -0.15) is 0 Å². The molecule has 0 aliphatic rings. The van der Waals surface area contributed by atoms with Crippen LogP contribution < -0.4 is 11.1 Å². The Balaban J connectivity index is 0.000000152. The number of nitrogen functional groups attached to an aromatic ring is 1. The minimum absolute atomic E-state index is 0.143. The molecule has 0 aliphatic heterocycles. The Labute approximate surface area is 274 Å². The lowest BCUT2D eigenvalue weighted by Crippen LogP contribution is -2.06. The number of ether oxygens (including phenoxy) is 1. The van der Waals surface area contributed by atoms with Crippen molar-refractivity contribution in [1.82, 2.24) is 39.5 Å². The predicted octanol–water partition coefficient (Wildman–Crippen LogP) is 6.49. The number of aromatic amines is 2. The molecule has 0 saturated carbocycles. The van der Waals surface area contributed by atoms with Crippen molar-refractivity contribution in [3.8, 4) is 0 Å². The fraction of sp³-hybridized carbons (Fsp3) is 0.188. The molecular weight excluding hydrogens is 625 g/mol. The molecule has 5 aromatic heterocycles. The van der Waals surface area contributed by atoms with Crippen molar-refractivity contribution >= 4 is 73.8 Å². The van der Waals surface area contributed by atoms with Crippen LogP contribution in [0.4, 0.5) is 11.5 Å². The summed E-state index contributed by atoms with van der Waals surface area (Å²) in [5, 5.41) is 9.94. The van der Waals surface area contributed by atoms with Gasteiger partial charge in [-0.25, -0.2) is 24.9 Å². The van der Waals surface area contributed by atoms with Crippen LogP contribution in [-0.2, 0) is 23.7 Å². The minimum atomic E-state index is 0.143. The number of benzene rings is 2. The van der Waals surface area contributed by atoms with Gasteiger partial charge in [-0.1, -0.05) is 24.3 Å². The summed E-state index contributed by atoms with van der Waals surface area (Å²) in [6, 6.07) is 23.3. The van der Waals surface area contributed by atoms with Crippen LogP contribution in [0.3, 0.4) is 0 Å². The molecule has 0 unspecified atom stereocenters. The van der Waals surface area contributed by atoms with E-state index in [-0.39, 0.29) is 11.8 Å². The van der Waals surface area contributed by atoms with Crippen molar-refractivity contribution in [3.63, 3.8) is 0 Å². The van der Waals surface area contributed by atoms with E-state index in [0.717, 1.165) is 50.7 Å². The second kappa shape index (κ2) is 15.7. The lowest BCUT2D eigenvalue weighted by molar-refractivity contribution is 0.322. The smallest absolute Gasteiger partial charge is 0.195 e. The van der Waals surface area contributed by atoms with E-state index in [0.29, 0.717) is 37.1 Å². The molecule has 14 heteroatoms. The first kappa shape index (κ1) is 32.2. The van der Waals surface area contributed by atoms with Crippen molar-refractivity contribution in [2.45, 2.75) is 25.9 Å². The highest BCUT2D eigenvalue weighted by Crippen LogP contribution is 2.18. The zero-order valence-corrected chi connectivity index (χ0v) is 26.6. The van der Waals surface area contributed by atoms with Gasteiger partial charge in [-0.05, 0) is 55.5 Å². The molecule has 0 atom stereocenters. The van der Waals surface area contributed by atoms with E-state index in [1.165, 1.54) is 0 Å². The molecule has 2 aromatic carbocycles. The Bertz CT molecular complexity index is 1970. The lowest BCUT2D eigenvalue weighted by Gasteiger charge is -2.05. The van der Waals surface area contributed by atoms with Crippen LogP contribution in [0.15, 0.2) is 85.2 Å². The number of fused-ring (bicyclic) bond motifs is 3. The summed E-state index contributed by atoms with van der Waals surface area (Å²) in [5.74, 6) is 3.87. The van der Waals surface area contributed by atoms with Crippen LogP contribution in [0, 0.1) is 5.41 Å². The largest absolute Gasteiger partial charge is 0.481 e. The van der Waals surface area contributed by atoms with Gasteiger partial charge in [-0.15, -0.1) is 23.2 Å². The van der Waals surface area contributed by atoms with E-state index >= 15 is 0 Å². The molecule has 0 saturated heterocycles. The number of rotatable bonds is 8. The molecule has 7 aromatic rings. The number of nitrogens with two attached hydrogens (primary N) is 1. The Hall–Kier alpha value is -5.20. The fourth-order valence-electron chi connectivity index (χ4n) is 4.54. The van der Waals surface area contributed by atoms with Gasteiger partial charge in [0, 0.05) is 12.4 Å². The van der Waals surface area contributed by atoms with Crippen LogP contribution in [0.25, 0.3) is 33.2 Å². The standard InChI is InChI=1S/C15H12ClN5.C13H13N5.C4H8ClNO/c16-8-14-20-12-6-3-7-17-15(12)21(14)9-13-18-10-4-1-2-5-11(10)19-13;14-9-4-3-7-15-13(9)16-8-12-17-10-5-1-2-6-11(10)18-12;1-2-7-4(6)3-5/h1-7H,8-9H2,(H,18,19);1-7H,8,14H2,(H,15,16)(H,17,18);6H,2-3H2,1H3. The summed E-state index contributed by atoms with van der Waals surface area (Å²) in [6.07, 6.45) is 3.47. The van der Waals surface area contributed by atoms with Gasteiger partial charge in [0.1, 0.15) is 28.8 Å².